The van der Waals surface area contributed by atoms with Gasteiger partial charge in [0.1, 0.15) is 5.75 Å². The van der Waals surface area contributed by atoms with Crippen LogP contribution < -0.4 is 4.74 Å². The Morgan fingerprint density at radius 2 is 1.88 bits per heavy atom. The molecule has 1 rings (SSSR count). The Morgan fingerprint density at radius 1 is 1.18 bits per heavy atom. The predicted octanol–water partition coefficient (Wildman–Crippen LogP) is 2.45. The third kappa shape index (κ3) is 5.06. The maximum absolute atomic E-state index is 5.24. The van der Waals surface area contributed by atoms with Crippen molar-refractivity contribution in [3.8, 4) is 5.75 Å². The number of benzene rings is 1. The zero-order chi connectivity index (χ0) is 12.8. The number of nitrogens with zero attached hydrogens (tertiary/aromatic N) is 2. The normalized spacial score (nSPS) is 11.2. The quantitative estimate of drug-likeness (QED) is 0.803. The SMILES string of the molecule is COc1ccc(Br)c(CN(C)CCN(C)C)c1. The summed E-state index contributed by atoms with van der Waals surface area (Å²) in [7, 11) is 8.02. The number of halogens is 1. The zero-order valence-corrected chi connectivity index (χ0v) is 12.6. The summed E-state index contributed by atoms with van der Waals surface area (Å²) in [6.45, 7) is 3.04. The smallest absolute Gasteiger partial charge is 0.119 e. The van der Waals surface area contributed by atoms with E-state index in [4.69, 9.17) is 4.74 Å². The van der Waals surface area contributed by atoms with Crippen LogP contribution in [-0.2, 0) is 6.54 Å². The Bertz CT molecular complexity index is 355. The molecule has 96 valence electrons. The fourth-order valence-corrected chi connectivity index (χ4v) is 1.91. The minimum absolute atomic E-state index is 0.907. The lowest BCUT2D eigenvalue weighted by molar-refractivity contribution is 0.275. The predicted molar refractivity (Wildman–Crippen MR) is 75.6 cm³/mol. The summed E-state index contributed by atoms with van der Waals surface area (Å²) >= 11 is 3.58. The van der Waals surface area contributed by atoms with Gasteiger partial charge in [0.05, 0.1) is 7.11 Å². The van der Waals surface area contributed by atoms with Crippen molar-refractivity contribution in [2.45, 2.75) is 6.54 Å². The Hall–Kier alpha value is -0.580. The van der Waals surface area contributed by atoms with Gasteiger partial charge in [-0.15, -0.1) is 0 Å². The summed E-state index contributed by atoms with van der Waals surface area (Å²) in [6.07, 6.45) is 0. The number of ether oxygens (including phenoxy) is 1. The summed E-state index contributed by atoms with van der Waals surface area (Å²) in [6, 6.07) is 6.08. The molecular weight excluding hydrogens is 280 g/mol. The van der Waals surface area contributed by atoms with Crippen LogP contribution in [0.3, 0.4) is 0 Å². The molecule has 0 radical (unpaired) electrons. The van der Waals surface area contributed by atoms with Crippen molar-refractivity contribution in [2.24, 2.45) is 0 Å². The van der Waals surface area contributed by atoms with Gasteiger partial charge in [0, 0.05) is 24.1 Å². The van der Waals surface area contributed by atoms with E-state index in [1.165, 1.54) is 5.56 Å². The molecule has 0 N–H and O–H groups in total. The number of likely N-dealkylation sites (N-methyl/N-ethyl adjacent to an activating group) is 2. The fourth-order valence-electron chi connectivity index (χ4n) is 1.54. The van der Waals surface area contributed by atoms with Crippen LogP contribution in [0.4, 0.5) is 0 Å². The van der Waals surface area contributed by atoms with E-state index in [1.54, 1.807) is 7.11 Å². The van der Waals surface area contributed by atoms with Gasteiger partial charge in [-0.25, -0.2) is 0 Å². The second-order valence-corrected chi connectivity index (χ2v) is 5.35. The molecule has 1 aromatic carbocycles. The Balaban J connectivity index is 2.60. The summed E-state index contributed by atoms with van der Waals surface area (Å²) in [5.41, 5.74) is 1.26. The van der Waals surface area contributed by atoms with Crippen molar-refractivity contribution < 1.29 is 4.74 Å². The van der Waals surface area contributed by atoms with E-state index in [0.717, 1.165) is 29.9 Å². The minimum atomic E-state index is 0.907. The van der Waals surface area contributed by atoms with Crippen LogP contribution in [0.1, 0.15) is 5.56 Å². The van der Waals surface area contributed by atoms with Gasteiger partial charge in [0.25, 0.3) is 0 Å². The molecule has 3 nitrogen and oxygen atoms in total. The van der Waals surface area contributed by atoms with Gasteiger partial charge in [-0.2, -0.15) is 0 Å². The van der Waals surface area contributed by atoms with E-state index in [0.29, 0.717) is 0 Å². The largest absolute Gasteiger partial charge is 0.497 e. The van der Waals surface area contributed by atoms with E-state index < -0.39 is 0 Å². The third-order valence-electron chi connectivity index (χ3n) is 2.62. The molecule has 0 bridgehead atoms. The Labute approximate surface area is 112 Å². The molecule has 1 aromatic rings. The van der Waals surface area contributed by atoms with Crippen LogP contribution in [-0.4, -0.2) is 51.1 Å². The molecule has 0 aliphatic carbocycles. The highest BCUT2D eigenvalue weighted by atomic mass is 79.9. The second kappa shape index (κ2) is 6.99. The molecule has 0 aliphatic rings. The molecule has 0 heterocycles. The van der Waals surface area contributed by atoms with Crippen LogP contribution in [0, 0.1) is 0 Å². The van der Waals surface area contributed by atoms with Crippen LogP contribution in [0.5, 0.6) is 5.75 Å². The summed E-state index contributed by atoms with van der Waals surface area (Å²) in [5.74, 6) is 0.907. The van der Waals surface area contributed by atoms with Crippen LogP contribution in [0.15, 0.2) is 22.7 Å². The average molecular weight is 301 g/mol. The first-order chi connectivity index (χ1) is 8.02. The maximum atomic E-state index is 5.24. The highest BCUT2D eigenvalue weighted by Gasteiger charge is 2.06. The minimum Gasteiger partial charge on any atom is -0.497 e. The molecule has 0 aliphatic heterocycles. The van der Waals surface area contributed by atoms with E-state index >= 15 is 0 Å². The first kappa shape index (κ1) is 14.5. The van der Waals surface area contributed by atoms with E-state index in [1.807, 2.05) is 12.1 Å². The molecule has 0 spiro atoms. The van der Waals surface area contributed by atoms with E-state index in [2.05, 4.69) is 52.9 Å². The van der Waals surface area contributed by atoms with Crippen LogP contribution >= 0.6 is 15.9 Å². The number of hydrogen-bond donors (Lipinski definition) is 0. The van der Waals surface area contributed by atoms with E-state index in [-0.39, 0.29) is 0 Å². The fraction of sp³-hybridized carbons (Fsp3) is 0.538. The number of rotatable bonds is 6. The molecule has 0 saturated carbocycles. The maximum Gasteiger partial charge on any atom is 0.119 e. The lowest BCUT2D eigenvalue weighted by Crippen LogP contribution is -2.28. The summed E-state index contributed by atoms with van der Waals surface area (Å²) in [5, 5.41) is 0. The molecule has 17 heavy (non-hydrogen) atoms. The molecule has 0 unspecified atom stereocenters. The van der Waals surface area contributed by atoms with Crippen molar-refractivity contribution in [3.63, 3.8) is 0 Å². The first-order valence-electron chi connectivity index (χ1n) is 5.68. The molecule has 0 atom stereocenters. The number of hydrogen-bond acceptors (Lipinski definition) is 3. The van der Waals surface area contributed by atoms with Gasteiger partial charge in [0.2, 0.25) is 0 Å². The van der Waals surface area contributed by atoms with Gasteiger partial charge < -0.3 is 14.5 Å². The van der Waals surface area contributed by atoms with Crippen LogP contribution in [0.2, 0.25) is 0 Å². The average Bonchev–Trinajstić information content (AvgIpc) is 2.29. The topological polar surface area (TPSA) is 15.7 Å². The monoisotopic (exact) mass is 300 g/mol. The van der Waals surface area contributed by atoms with Gasteiger partial charge in [0.15, 0.2) is 0 Å². The Kier molecular flexibility index (Phi) is 5.95. The molecule has 0 amide bonds. The number of methoxy groups -OCH3 is 1. The van der Waals surface area contributed by atoms with Crippen molar-refractivity contribution in [1.82, 2.24) is 9.80 Å². The highest BCUT2D eigenvalue weighted by Crippen LogP contribution is 2.23. The van der Waals surface area contributed by atoms with Crippen molar-refractivity contribution >= 4 is 15.9 Å². The molecule has 0 fully saturated rings. The summed E-state index contributed by atoms with van der Waals surface area (Å²) in [4.78, 5) is 4.50. The third-order valence-corrected chi connectivity index (χ3v) is 3.40. The summed E-state index contributed by atoms with van der Waals surface area (Å²) < 4.78 is 6.38. The molecule has 0 aromatic heterocycles. The van der Waals surface area contributed by atoms with Crippen molar-refractivity contribution in [3.05, 3.63) is 28.2 Å². The molecule has 4 heteroatoms. The lowest BCUT2D eigenvalue weighted by Gasteiger charge is -2.20. The van der Waals surface area contributed by atoms with E-state index in [9.17, 15) is 0 Å². The lowest BCUT2D eigenvalue weighted by atomic mass is 10.2. The molecular formula is C13H21BrN2O. The van der Waals surface area contributed by atoms with Crippen LogP contribution in [0.25, 0.3) is 0 Å². The first-order valence-corrected chi connectivity index (χ1v) is 6.48. The Morgan fingerprint density at radius 3 is 2.47 bits per heavy atom. The standard InChI is InChI=1S/C13H21BrN2O/c1-15(2)7-8-16(3)10-11-9-12(17-4)5-6-13(11)14/h5-6,9H,7-8,10H2,1-4H3. The second-order valence-electron chi connectivity index (χ2n) is 4.50. The highest BCUT2D eigenvalue weighted by molar-refractivity contribution is 9.10. The van der Waals surface area contributed by atoms with Gasteiger partial charge in [-0.1, -0.05) is 15.9 Å². The zero-order valence-electron chi connectivity index (χ0n) is 11.0. The van der Waals surface area contributed by atoms with Gasteiger partial charge in [-0.3, -0.25) is 0 Å². The van der Waals surface area contributed by atoms with Gasteiger partial charge >= 0.3 is 0 Å². The van der Waals surface area contributed by atoms with Crippen molar-refractivity contribution in [1.29, 1.82) is 0 Å². The van der Waals surface area contributed by atoms with Gasteiger partial charge in [-0.05, 0) is 44.9 Å². The molecule has 0 saturated heterocycles. The van der Waals surface area contributed by atoms with Crippen molar-refractivity contribution in [2.75, 3.05) is 41.3 Å².